The molecule has 0 aliphatic carbocycles. The Morgan fingerprint density at radius 3 is 2.61 bits per heavy atom. The van der Waals surface area contributed by atoms with Crippen LogP contribution in [0.4, 0.5) is 0 Å². The summed E-state index contributed by atoms with van der Waals surface area (Å²) in [6.45, 7) is 9.00. The zero-order valence-electron chi connectivity index (χ0n) is 14.7. The molecule has 2 rings (SSSR count). The van der Waals surface area contributed by atoms with Gasteiger partial charge in [-0.3, -0.25) is 9.69 Å². The lowest BCUT2D eigenvalue weighted by molar-refractivity contribution is -0.123. The highest BCUT2D eigenvalue weighted by atomic mass is 16.2. The minimum absolute atomic E-state index is 0.0183. The summed E-state index contributed by atoms with van der Waals surface area (Å²) in [5.74, 6) is 0.201. The number of rotatable bonds is 7. The van der Waals surface area contributed by atoms with Gasteiger partial charge in [-0.1, -0.05) is 51.5 Å². The largest absolute Gasteiger partial charge is 0.353 e. The van der Waals surface area contributed by atoms with E-state index in [2.05, 4.69) is 48.3 Å². The quantitative estimate of drug-likeness (QED) is 0.811. The molecule has 1 aliphatic rings. The van der Waals surface area contributed by atoms with Gasteiger partial charge in [-0.25, -0.2) is 0 Å². The van der Waals surface area contributed by atoms with E-state index in [1.807, 2.05) is 6.92 Å². The van der Waals surface area contributed by atoms with Crippen LogP contribution in [0.1, 0.15) is 44.7 Å². The molecule has 23 heavy (non-hydrogen) atoms. The first-order chi connectivity index (χ1) is 11.1. The molecule has 0 aromatic heterocycles. The average molecular weight is 317 g/mol. The third-order valence-corrected chi connectivity index (χ3v) is 5.22. The van der Waals surface area contributed by atoms with Gasteiger partial charge in [0.2, 0.25) is 5.91 Å². The maximum absolute atomic E-state index is 12.2. The Kier molecular flexibility index (Phi) is 6.60. The van der Waals surface area contributed by atoms with Crippen molar-refractivity contribution in [2.24, 2.45) is 11.7 Å². The Hall–Kier alpha value is -1.39. The van der Waals surface area contributed by atoms with Gasteiger partial charge in [0.25, 0.3) is 0 Å². The van der Waals surface area contributed by atoms with Gasteiger partial charge in [0.05, 0.1) is 6.04 Å². The highest BCUT2D eigenvalue weighted by Gasteiger charge is 2.24. The van der Waals surface area contributed by atoms with Crippen LogP contribution >= 0.6 is 0 Å². The number of nitrogens with zero attached hydrogens (tertiary/aromatic N) is 1. The molecular weight excluding hydrogens is 286 g/mol. The van der Waals surface area contributed by atoms with Gasteiger partial charge in [-0.2, -0.15) is 0 Å². The summed E-state index contributed by atoms with van der Waals surface area (Å²) in [4.78, 5) is 14.7. The normalized spacial score (nSPS) is 18.8. The van der Waals surface area contributed by atoms with Crippen LogP contribution in [-0.2, 0) is 17.8 Å². The fourth-order valence-corrected chi connectivity index (χ4v) is 3.21. The minimum Gasteiger partial charge on any atom is -0.353 e. The summed E-state index contributed by atoms with van der Waals surface area (Å²) in [6, 6.07) is 8.63. The van der Waals surface area contributed by atoms with Crippen molar-refractivity contribution in [2.45, 2.75) is 58.7 Å². The monoisotopic (exact) mass is 317 g/mol. The predicted molar refractivity (Wildman–Crippen MR) is 95.1 cm³/mol. The SMILES string of the molecule is CCC(C)C(N)C(=O)NCC(CC)N1CCc2ccccc2C1. The van der Waals surface area contributed by atoms with Gasteiger partial charge in [-0.05, 0) is 29.9 Å². The summed E-state index contributed by atoms with van der Waals surface area (Å²) in [5, 5.41) is 3.06. The van der Waals surface area contributed by atoms with Crippen LogP contribution in [0.5, 0.6) is 0 Å². The van der Waals surface area contributed by atoms with Gasteiger partial charge < -0.3 is 11.1 Å². The molecule has 1 aromatic rings. The van der Waals surface area contributed by atoms with Crippen LogP contribution in [0, 0.1) is 5.92 Å². The van der Waals surface area contributed by atoms with Crippen molar-refractivity contribution < 1.29 is 4.79 Å². The second kappa shape index (κ2) is 8.46. The van der Waals surface area contributed by atoms with Gasteiger partial charge in [0.15, 0.2) is 0 Å². The third kappa shape index (κ3) is 4.55. The molecule has 1 heterocycles. The molecule has 4 heteroatoms. The lowest BCUT2D eigenvalue weighted by Gasteiger charge is -2.35. The van der Waals surface area contributed by atoms with E-state index in [4.69, 9.17) is 5.73 Å². The molecule has 3 N–H and O–H groups in total. The number of hydrogen-bond donors (Lipinski definition) is 2. The van der Waals surface area contributed by atoms with Gasteiger partial charge in [0.1, 0.15) is 0 Å². The van der Waals surface area contributed by atoms with Gasteiger partial charge >= 0.3 is 0 Å². The van der Waals surface area contributed by atoms with Crippen molar-refractivity contribution in [3.05, 3.63) is 35.4 Å². The van der Waals surface area contributed by atoms with Crippen LogP contribution in [0.2, 0.25) is 0 Å². The summed E-state index contributed by atoms with van der Waals surface area (Å²) in [7, 11) is 0. The van der Waals surface area contributed by atoms with Crippen molar-refractivity contribution in [1.29, 1.82) is 0 Å². The van der Waals surface area contributed by atoms with Crippen molar-refractivity contribution >= 4 is 5.91 Å². The smallest absolute Gasteiger partial charge is 0.237 e. The van der Waals surface area contributed by atoms with E-state index in [1.54, 1.807) is 0 Å². The molecule has 0 spiro atoms. The molecule has 3 unspecified atom stereocenters. The summed E-state index contributed by atoms with van der Waals surface area (Å²) in [6.07, 6.45) is 3.04. The molecule has 1 aromatic carbocycles. The number of nitrogens with one attached hydrogen (secondary N) is 1. The van der Waals surface area contributed by atoms with Crippen LogP contribution in [-0.4, -0.2) is 36.0 Å². The molecule has 0 saturated heterocycles. The topological polar surface area (TPSA) is 58.4 Å². The summed E-state index contributed by atoms with van der Waals surface area (Å²) in [5.41, 5.74) is 8.89. The van der Waals surface area contributed by atoms with Gasteiger partial charge in [-0.15, -0.1) is 0 Å². The summed E-state index contributed by atoms with van der Waals surface area (Å²) < 4.78 is 0. The lowest BCUT2D eigenvalue weighted by Crippen LogP contribution is -2.50. The fraction of sp³-hybridized carbons (Fsp3) is 0.632. The Morgan fingerprint density at radius 2 is 1.96 bits per heavy atom. The number of carbonyl (C=O) groups is 1. The van der Waals surface area contributed by atoms with Gasteiger partial charge in [0, 0.05) is 25.7 Å². The fourth-order valence-electron chi connectivity index (χ4n) is 3.21. The molecule has 1 amide bonds. The molecule has 1 aliphatic heterocycles. The van der Waals surface area contributed by atoms with Crippen LogP contribution < -0.4 is 11.1 Å². The van der Waals surface area contributed by atoms with Crippen molar-refractivity contribution in [2.75, 3.05) is 13.1 Å². The maximum Gasteiger partial charge on any atom is 0.237 e. The molecule has 0 saturated carbocycles. The number of fused-ring (bicyclic) bond motifs is 1. The third-order valence-electron chi connectivity index (χ3n) is 5.22. The highest BCUT2D eigenvalue weighted by molar-refractivity contribution is 5.81. The standard InChI is InChI=1S/C19H31N3O/c1-4-14(3)18(20)19(23)21-12-17(5-2)22-11-10-15-8-6-7-9-16(15)13-22/h6-9,14,17-18H,4-5,10-13,20H2,1-3H3,(H,21,23). The number of nitrogens with two attached hydrogens (primary N) is 1. The molecule has 0 fully saturated rings. The second-order valence-corrected chi connectivity index (χ2v) is 6.71. The number of amides is 1. The Bertz CT molecular complexity index is 517. The zero-order valence-corrected chi connectivity index (χ0v) is 14.7. The van der Waals surface area contributed by atoms with Crippen LogP contribution in [0.15, 0.2) is 24.3 Å². The molecular formula is C19H31N3O. The van der Waals surface area contributed by atoms with E-state index in [0.717, 1.165) is 32.4 Å². The number of carbonyl (C=O) groups excluding carboxylic acids is 1. The highest BCUT2D eigenvalue weighted by Crippen LogP contribution is 2.21. The molecule has 4 nitrogen and oxygen atoms in total. The van der Waals surface area contributed by atoms with Crippen LogP contribution in [0.25, 0.3) is 0 Å². The molecule has 3 atom stereocenters. The summed E-state index contributed by atoms with van der Waals surface area (Å²) >= 11 is 0. The first-order valence-corrected chi connectivity index (χ1v) is 8.90. The van der Waals surface area contributed by atoms with E-state index < -0.39 is 6.04 Å². The number of benzene rings is 1. The maximum atomic E-state index is 12.2. The van der Waals surface area contributed by atoms with Crippen molar-refractivity contribution in [3.8, 4) is 0 Å². The Labute approximate surface area is 140 Å². The first-order valence-electron chi connectivity index (χ1n) is 8.90. The Morgan fingerprint density at radius 1 is 1.26 bits per heavy atom. The zero-order chi connectivity index (χ0) is 16.8. The Balaban J connectivity index is 1.90. The predicted octanol–water partition coefficient (Wildman–Crippen LogP) is 2.31. The lowest BCUT2D eigenvalue weighted by atomic mass is 9.97. The average Bonchev–Trinajstić information content (AvgIpc) is 2.60. The van der Waals surface area contributed by atoms with E-state index in [-0.39, 0.29) is 11.8 Å². The molecule has 128 valence electrons. The van der Waals surface area contributed by atoms with Crippen molar-refractivity contribution in [3.63, 3.8) is 0 Å². The molecule has 0 radical (unpaired) electrons. The second-order valence-electron chi connectivity index (χ2n) is 6.71. The molecule has 0 bridgehead atoms. The van der Waals surface area contributed by atoms with Crippen LogP contribution in [0.3, 0.4) is 0 Å². The van der Waals surface area contributed by atoms with E-state index in [0.29, 0.717) is 12.6 Å². The van der Waals surface area contributed by atoms with E-state index in [1.165, 1.54) is 11.1 Å². The minimum atomic E-state index is -0.403. The first kappa shape index (κ1) is 18.0. The van der Waals surface area contributed by atoms with Crippen molar-refractivity contribution in [1.82, 2.24) is 10.2 Å². The van der Waals surface area contributed by atoms with E-state index in [9.17, 15) is 4.79 Å². The van der Waals surface area contributed by atoms with E-state index >= 15 is 0 Å². The number of hydrogen-bond acceptors (Lipinski definition) is 3.